The first-order valence-electron chi connectivity index (χ1n) is 5.52. The first kappa shape index (κ1) is 12.5. The van der Waals surface area contributed by atoms with E-state index in [-0.39, 0.29) is 10.6 Å². The van der Waals surface area contributed by atoms with Crippen molar-refractivity contribution in [3.05, 3.63) is 50.5 Å². The summed E-state index contributed by atoms with van der Waals surface area (Å²) in [6.07, 6.45) is 0.811. The molecule has 2 rings (SSSR count). The number of nitro benzene ring substituents is 1. The van der Waals surface area contributed by atoms with E-state index in [1.807, 2.05) is 18.4 Å². The van der Waals surface area contributed by atoms with Crippen molar-refractivity contribution in [1.82, 2.24) is 4.98 Å². The number of anilines is 1. The number of hydrogen-bond acceptors (Lipinski definition) is 5. The Hall–Kier alpha value is -1.95. The van der Waals surface area contributed by atoms with Gasteiger partial charge >= 0.3 is 0 Å². The third kappa shape index (κ3) is 3.27. The van der Waals surface area contributed by atoms with E-state index >= 15 is 0 Å². The SMILES string of the molecule is Cc1cc(NCCc2cscn2)cc([N+](=O)[O-])c1. The van der Waals surface area contributed by atoms with Crippen molar-refractivity contribution in [3.63, 3.8) is 0 Å². The maximum atomic E-state index is 10.7. The van der Waals surface area contributed by atoms with Crippen molar-refractivity contribution in [2.24, 2.45) is 0 Å². The highest BCUT2D eigenvalue weighted by Crippen LogP contribution is 2.20. The molecule has 0 saturated heterocycles. The monoisotopic (exact) mass is 263 g/mol. The molecule has 1 heterocycles. The minimum Gasteiger partial charge on any atom is -0.384 e. The first-order chi connectivity index (χ1) is 8.65. The number of aryl methyl sites for hydroxylation is 1. The molecule has 6 heteroatoms. The first-order valence-corrected chi connectivity index (χ1v) is 6.46. The van der Waals surface area contributed by atoms with E-state index in [1.165, 1.54) is 0 Å². The van der Waals surface area contributed by atoms with Gasteiger partial charge in [-0.2, -0.15) is 0 Å². The topological polar surface area (TPSA) is 68.1 Å². The van der Waals surface area contributed by atoms with Gasteiger partial charge in [0.25, 0.3) is 5.69 Å². The molecule has 0 atom stereocenters. The van der Waals surface area contributed by atoms with Crippen molar-refractivity contribution >= 4 is 22.7 Å². The van der Waals surface area contributed by atoms with Crippen LogP contribution < -0.4 is 5.32 Å². The molecule has 1 aromatic carbocycles. The fourth-order valence-electron chi connectivity index (χ4n) is 1.67. The summed E-state index contributed by atoms with van der Waals surface area (Å²) in [5, 5.41) is 15.9. The highest BCUT2D eigenvalue weighted by Gasteiger charge is 2.07. The number of hydrogen-bond donors (Lipinski definition) is 1. The highest BCUT2D eigenvalue weighted by molar-refractivity contribution is 7.07. The summed E-state index contributed by atoms with van der Waals surface area (Å²) in [5.74, 6) is 0. The zero-order valence-electron chi connectivity index (χ0n) is 9.92. The van der Waals surface area contributed by atoms with Crippen molar-refractivity contribution < 1.29 is 4.92 Å². The van der Waals surface area contributed by atoms with Gasteiger partial charge in [-0.15, -0.1) is 11.3 Å². The van der Waals surface area contributed by atoms with Crippen molar-refractivity contribution in [2.75, 3.05) is 11.9 Å². The Morgan fingerprint density at radius 1 is 1.44 bits per heavy atom. The second kappa shape index (κ2) is 5.59. The van der Waals surface area contributed by atoms with Crippen LogP contribution >= 0.6 is 11.3 Å². The Kier molecular flexibility index (Phi) is 3.88. The lowest BCUT2D eigenvalue weighted by Crippen LogP contribution is -2.05. The molecule has 5 nitrogen and oxygen atoms in total. The van der Waals surface area contributed by atoms with Crippen LogP contribution in [0.4, 0.5) is 11.4 Å². The molecule has 0 radical (unpaired) electrons. The van der Waals surface area contributed by atoms with Crippen LogP contribution in [-0.4, -0.2) is 16.5 Å². The van der Waals surface area contributed by atoms with Crippen LogP contribution in [0, 0.1) is 17.0 Å². The van der Waals surface area contributed by atoms with Crippen LogP contribution in [0.25, 0.3) is 0 Å². The van der Waals surface area contributed by atoms with Gasteiger partial charge in [-0.25, -0.2) is 4.98 Å². The Labute approximate surface area is 109 Å². The van der Waals surface area contributed by atoms with Crippen LogP contribution in [0.1, 0.15) is 11.3 Å². The second-order valence-electron chi connectivity index (χ2n) is 3.97. The summed E-state index contributed by atoms with van der Waals surface area (Å²) in [6.45, 7) is 2.56. The lowest BCUT2D eigenvalue weighted by Gasteiger charge is -2.06. The average molecular weight is 263 g/mol. The van der Waals surface area contributed by atoms with Gasteiger partial charge in [-0.1, -0.05) is 0 Å². The Morgan fingerprint density at radius 3 is 2.94 bits per heavy atom. The van der Waals surface area contributed by atoms with Gasteiger partial charge in [-0.3, -0.25) is 10.1 Å². The fourth-order valence-corrected chi connectivity index (χ4v) is 2.26. The van der Waals surface area contributed by atoms with E-state index in [2.05, 4.69) is 10.3 Å². The van der Waals surface area contributed by atoms with E-state index in [0.29, 0.717) is 6.54 Å². The van der Waals surface area contributed by atoms with Crippen LogP contribution in [0.5, 0.6) is 0 Å². The number of nitro groups is 1. The molecule has 0 bridgehead atoms. The molecular weight excluding hydrogens is 250 g/mol. The molecule has 0 aliphatic rings. The summed E-state index contributed by atoms with van der Waals surface area (Å²) in [5.41, 5.74) is 4.60. The van der Waals surface area contributed by atoms with Crippen molar-refractivity contribution in [1.29, 1.82) is 0 Å². The van der Waals surface area contributed by atoms with E-state index in [4.69, 9.17) is 0 Å². The normalized spacial score (nSPS) is 10.3. The maximum absolute atomic E-state index is 10.7. The molecule has 0 saturated carbocycles. The van der Waals surface area contributed by atoms with Crippen molar-refractivity contribution in [3.8, 4) is 0 Å². The van der Waals surface area contributed by atoms with Crippen LogP contribution in [0.15, 0.2) is 29.1 Å². The van der Waals surface area contributed by atoms with Gasteiger partial charge < -0.3 is 5.32 Å². The van der Waals surface area contributed by atoms with Gasteiger partial charge in [0.05, 0.1) is 16.1 Å². The number of nitrogens with zero attached hydrogens (tertiary/aromatic N) is 2. The predicted octanol–water partition coefficient (Wildman–Crippen LogP) is 3.01. The van der Waals surface area contributed by atoms with Crippen LogP contribution in [0.2, 0.25) is 0 Å². The van der Waals surface area contributed by atoms with Crippen LogP contribution in [-0.2, 0) is 6.42 Å². The summed E-state index contributed by atoms with van der Waals surface area (Å²) in [7, 11) is 0. The number of thiazole rings is 1. The molecule has 0 amide bonds. The number of rotatable bonds is 5. The van der Waals surface area contributed by atoms with Gasteiger partial charge in [0, 0.05) is 36.2 Å². The highest BCUT2D eigenvalue weighted by atomic mass is 32.1. The molecule has 94 valence electrons. The zero-order valence-corrected chi connectivity index (χ0v) is 10.7. The fraction of sp³-hybridized carbons (Fsp3) is 0.250. The maximum Gasteiger partial charge on any atom is 0.271 e. The Morgan fingerprint density at radius 2 is 2.28 bits per heavy atom. The number of benzene rings is 1. The number of non-ortho nitro benzene ring substituents is 1. The molecule has 18 heavy (non-hydrogen) atoms. The lowest BCUT2D eigenvalue weighted by molar-refractivity contribution is -0.384. The molecule has 0 fully saturated rings. The molecular formula is C12H13N3O2S. The molecule has 0 unspecified atom stereocenters. The Balaban J connectivity index is 1.98. The smallest absolute Gasteiger partial charge is 0.271 e. The van der Waals surface area contributed by atoms with Gasteiger partial charge in [0.2, 0.25) is 0 Å². The third-order valence-electron chi connectivity index (χ3n) is 2.47. The summed E-state index contributed by atoms with van der Waals surface area (Å²) >= 11 is 1.57. The lowest BCUT2D eigenvalue weighted by atomic mass is 10.2. The van der Waals surface area contributed by atoms with Crippen molar-refractivity contribution in [2.45, 2.75) is 13.3 Å². The minimum atomic E-state index is -0.376. The molecule has 2 aromatic rings. The van der Waals surface area contributed by atoms with E-state index in [0.717, 1.165) is 23.4 Å². The Bertz CT molecular complexity index is 540. The summed E-state index contributed by atoms with van der Waals surface area (Å²) < 4.78 is 0. The predicted molar refractivity (Wildman–Crippen MR) is 72.1 cm³/mol. The minimum absolute atomic E-state index is 0.117. The zero-order chi connectivity index (χ0) is 13.0. The molecule has 1 N–H and O–H groups in total. The average Bonchev–Trinajstić information content (AvgIpc) is 2.81. The van der Waals surface area contributed by atoms with E-state index in [9.17, 15) is 10.1 Å². The number of nitrogens with one attached hydrogen (secondary N) is 1. The summed E-state index contributed by atoms with van der Waals surface area (Å²) in [4.78, 5) is 14.5. The molecule has 0 spiro atoms. The standard InChI is InChI=1S/C12H13N3O2S/c1-9-4-11(6-12(5-9)15(16)17)13-3-2-10-7-18-8-14-10/h4-8,13H,2-3H2,1H3. The van der Waals surface area contributed by atoms with E-state index in [1.54, 1.807) is 29.0 Å². The largest absolute Gasteiger partial charge is 0.384 e. The van der Waals surface area contributed by atoms with Gasteiger partial charge in [0.1, 0.15) is 0 Å². The summed E-state index contributed by atoms with van der Waals surface area (Å²) in [6, 6.07) is 5.01. The molecule has 0 aliphatic carbocycles. The molecule has 0 aliphatic heterocycles. The van der Waals surface area contributed by atoms with Gasteiger partial charge in [0.15, 0.2) is 0 Å². The third-order valence-corrected chi connectivity index (χ3v) is 3.10. The van der Waals surface area contributed by atoms with Crippen LogP contribution in [0.3, 0.4) is 0 Å². The van der Waals surface area contributed by atoms with E-state index < -0.39 is 0 Å². The van der Waals surface area contributed by atoms with Gasteiger partial charge in [-0.05, 0) is 18.6 Å². The second-order valence-corrected chi connectivity index (χ2v) is 4.69. The number of aromatic nitrogens is 1. The molecule has 1 aromatic heterocycles. The quantitative estimate of drug-likeness (QED) is 0.665.